The minimum atomic E-state index is 0.598. The smallest absolute Gasteiger partial charge is 0.244 e. The van der Waals surface area contributed by atoms with E-state index in [1.807, 2.05) is 12.1 Å². The van der Waals surface area contributed by atoms with Crippen LogP contribution in [0.4, 0.5) is 11.8 Å². The molecule has 21 heavy (non-hydrogen) atoms. The predicted molar refractivity (Wildman–Crippen MR) is 84.4 cm³/mol. The summed E-state index contributed by atoms with van der Waals surface area (Å²) in [4.78, 5) is 6.87. The van der Waals surface area contributed by atoms with Crippen LogP contribution < -0.4 is 10.2 Å². The highest BCUT2D eigenvalue weighted by molar-refractivity contribution is 5.41. The summed E-state index contributed by atoms with van der Waals surface area (Å²) in [5.74, 6) is 1.53. The molecule has 2 aromatic rings. The fraction of sp³-hybridized carbons (Fsp3) is 0.438. The summed E-state index contributed by atoms with van der Waals surface area (Å²) in [7, 11) is 0. The summed E-state index contributed by atoms with van der Waals surface area (Å²) < 4.78 is 0. The number of anilines is 2. The third-order valence-electron chi connectivity index (χ3n) is 3.92. The molecule has 1 aromatic heterocycles. The molecule has 0 atom stereocenters. The highest BCUT2D eigenvalue weighted by Gasteiger charge is 2.13. The Morgan fingerprint density at radius 2 is 1.95 bits per heavy atom. The summed E-state index contributed by atoms with van der Waals surface area (Å²) >= 11 is 0. The molecule has 1 aliphatic heterocycles. The fourth-order valence-corrected chi connectivity index (χ4v) is 2.63. The van der Waals surface area contributed by atoms with Crippen LogP contribution in [-0.2, 0) is 6.54 Å². The van der Waals surface area contributed by atoms with Crippen molar-refractivity contribution in [3.63, 3.8) is 0 Å². The van der Waals surface area contributed by atoms with E-state index in [-0.39, 0.29) is 0 Å². The first kappa shape index (κ1) is 13.8. The second-order valence-electron chi connectivity index (χ2n) is 5.47. The molecule has 1 aromatic carbocycles. The van der Waals surface area contributed by atoms with E-state index in [4.69, 9.17) is 0 Å². The van der Waals surface area contributed by atoms with Gasteiger partial charge in [-0.2, -0.15) is 10.1 Å². The van der Waals surface area contributed by atoms with Gasteiger partial charge in [0.1, 0.15) is 0 Å². The van der Waals surface area contributed by atoms with Gasteiger partial charge < -0.3 is 10.2 Å². The summed E-state index contributed by atoms with van der Waals surface area (Å²) in [6.45, 7) is 4.96. The number of hydrogen-bond acceptors (Lipinski definition) is 5. The Morgan fingerprint density at radius 1 is 1.14 bits per heavy atom. The second-order valence-corrected chi connectivity index (χ2v) is 5.47. The molecule has 1 aliphatic rings. The van der Waals surface area contributed by atoms with E-state index in [2.05, 4.69) is 44.5 Å². The number of benzene rings is 1. The standard InChI is InChI=1S/C16H21N5/c1-13-7-3-4-8-14(13)11-17-16-19-15(12-18-20-16)21-9-5-2-6-10-21/h3-4,7-8,12H,2,5-6,9-11H2,1H3,(H,17,19,20). The normalized spacial score (nSPS) is 15.0. The molecule has 3 rings (SSSR count). The Kier molecular flexibility index (Phi) is 4.28. The van der Waals surface area contributed by atoms with Gasteiger partial charge in [0.15, 0.2) is 5.82 Å². The molecule has 5 heteroatoms. The Bertz CT molecular complexity index is 593. The van der Waals surface area contributed by atoms with Crippen molar-refractivity contribution in [1.29, 1.82) is 0 Å². The Balaban J connectivity index is 1.67. The van der Waals surface area contributed by atoms with E-state index >= 15 is 0 Å². The summed E-state index contributed by atoms with van der Waals surface area (Å²) in [6, 6.07) is 8.33. The molecule has 0 radical (unpaired) electrons. The molecule has 0 unspecified atom stereocenters. The zero-order chi connectivity index (χ0) is 14.5. The van der Waals surface area contributed by atoms with Crippen LogP contribution in [0.15, 0.2) is 30.5 Å². The van der Waals surface area contributed by atoms with Crippen LogP contribution in [0.25, 0.3) is 0 Å². The molecule has 2 heterocycles. The van der Waals surface area contributed by atoms with Gasteiger partial charge in [0, 0.05) is 19.6 Å². The van der Waals surface area contributed by atoms with Crippen molar-refractivity contribution < 1.29 is 0 Å². The van der Waals surface area contributed by atoms with Crippen LogP contribution in [0.3, 0.4) is 0 Å². The summed E-state index contributed by atoms with van der Waals surface area (Å²) in [5, 5.41) is 11.4. The van der Waals surface area contributed by atoms with Crippen molar-refractivity contribution in [2.75, 3.05) is 23.3 Å². The van der Waals surface area contributed by atoms with Crippen LogP contribution in [0, 0.1) is 6.92 Å². The van der Waals surface area contributed by atoms with Gasteiger partial charge in [-0.3, -0.25) is 0 Å². The molecular weight excluding hydrogens is 262 g/mol. The van der Waals surface area contributed by atoms with Crippen molar-refractivity contribution >= 4 is 11.8 Å². The average Bonchev–Trinajstić information content (AvgIpc) is 2.55. The fourth-order valence-electron chi connectivity index (χ4n) is 2.63. The highest BCUT2D eigenvalue weighted by Crippen LogP contribution is 2.17. The number of rotatable bonds is 4. The number of piperidine rings is 1. The first-order valence-electron chi connectivity index (χ1n) is 7.56. The van der Waals surface area contributed by atoms with E-state index in [0.717, 1.165) is 25.5 Å². The molecule has 0 aliphatic carbocycles. The van der Waals surface area contributed by atoms with E-state index in [0.29, 0.717) is 5.95 Å². The van der Waals surface area contributed by atoms with Crippen LogP contribution in [-0.4, -0.2) is 28.3 Å². The lowest BCUT2D eigenvalue weighted by atomic mass is 10.1. The summed E-state index contributed by atoms with van der Waals surface area (Å²) in [6.07, 6.45) is 5.53. The van der Waals surface area contributed by atoms with Crippen LogP contribution in [0.1, 0.15) is 30.4 Å². The lowest BCUT2D eigenvalue weighted by Gasteiger charge is -2.27. The van der Waals surface area contributed by atoms with Crippen molar-refractivity contribution in [2.24, 2.45) is 0 Å². The molecule has 5 nitrogen and oxygen atoms in total. The van der Waals surface area contributed by atoms with Crippen LogP contribution >= 0.6 is 0 Å². The summed E-state index contributed by atoms with van der Waals surface area (Å²) in [5.41, 5.74) is 2.52. The van der Waals surface area contributed by atoms with Gasteiger partial charge in [0.05, 0.1) is 6.20 Å². The minimum Gasteiger partial charge on any atom is -0.355 e. The highest BCUT2D eigenvalue weighted by atomic mass is 15.3. The van der Waals surface area contributed by atoms with Gasteiger partial charge >= 0.3 is 0 Å². The van der Waals surface area contributed by atoms with Gasteiger partial charge in [0.25, 0.3) is 0 Å². The molecule has 110 valence electrons. The molecule has 0 amide bonds. The maximum absolute atomic E-state index is 4.58. The van der Waals surface area contributed by atoms with Gasteiger partial charge in [-0.1, -0.05) is 24.3 Å². The zero-order valence-corrected chi connectivity index (χ0v) is 12.4. The molecule has 0 bridgehead atoms. The average molecular weight is 283 g/mol. The quantitative estimate of drug-likeness (QED) is 0.935. The van der Waals surface area contributed by atoms with Crippen molar-refractivity contribution in [1.82, 2.24) is 15.2 Å². The molecule has 0 saturated carbocycles. The maximum Gasteiger partial charge on any atom is 0.244 e. The van der Waals surface area contributed by atoms with Gasteiger partial charge in [-0.25, -0.2) is 0 Å². The Morgan fingerprint density at radius 3 is 2.76 bits per heavy atom. The number of nitrogens with zero attached hydrogens (tertiary/aromatic N) is 4. The minimum absolute atomic E-state index is 0.598. The maximum atomic E-state index is 4.58. The SMILES string of the molecule is Cc1ccccc1CNc1nncc(N2CCCCC2)n1. The third-order valence-corrected chi connectivity index (χ3v) is 3.92. The number of hydrogen-bond donors (Lipinski definition) is 1. The predicted octanol–water partition coefficient (Wildman–Crippen LogP) is 2.78. The van der Waals surface area contributed by atoms with Crippen molar-refractivity contribution in [2.45, 2.75) is 32.7 Å². The largest absolute Gasteiger partial charge is 0.355 e. The lowest BCUT2D eigenvalue weighted by molar-refractivity contribution is 0.572. The topological polar surface area (TPSA) is 53.9 Å². The molecule has 1 saturated heterocycles. The molecule has 1 fully saturated rings. The third kappa shape index (κ3) is 3.48. The Labute approximate surface area is 125 Å². The first-order valence-corrected chi connectivity index (χ1v) is 7.56. The molecule has 1 N–H and O–H groups in total. The number of aromatic nitrogens is 3. The Hall–Kier alpha value is -2.17. The van der Waals surface area contributed by atoms with Crippen LogP contribution in [0.2, 0.25) is 0 Å². The van der Waals surface area contributed by atoms with Crippen molar-refractivity contribution in [3.05, 3.63) is 41.6 Å². The number of nitrogens with one attached hydrogen (secondary N) is 1. The second kappa shape index (κ2) is 6.52. The van der Waals surface area contributed by atoms with E-state index < -0.39 is 0 Å². The zero-order valence-electron chi connectivity index (χ0n) is 12.4. The monoisotopic (exact) mass is 283 g/mol. The molecular formula is C16H21N5. The van der Waals surface area contributed by atoms with Gasteiger partial charge in [0.2, 0.25) is 5.95 Å². The number of aryl methyl sites for hydroxylation is 1. The van der Waals surface area contributed by atoms with Gasteiger partial charge in [-0.15, -0.1) is 5.10 Å². The van der Waals surface area contributed by atoms with E-state index in [1.165, 1.54) is 30.4 Å². The lowest BCUT2D eigenvalue weighted by Crippen LogP contribution is -2.30. The molecule has 0 spiro atoms. The van der Waals surface area contributed by atoms with E-state index in [9.17, 15) is 0 Å². The van der Waals surface area contributed by atoms with Gasteiger partial charge in [-0.05, 0) is 37.3 Å². The first-order chi connectivity index (χ1) is 10.3. The van der Waals surface area contributed by atoms with E-state index in [1.54, 1.807) is 6.20 Å². The van der Waals surface area contributed by atoms with Crippen LogP contribution in [0.5, 0.6) is 0 Å². The van der Waals surface area contributed by atoms with Crippen molar-refractivity contribution in [3.8, 4) is 0 Å².